The van der Waals surface area contributed by atoms with Crippen molar-refractivity contribution in [2.45, 2.75) is 6.10 Å². The van der Waals surface area contributed by atoms with E-state index in [9.17, 15) is 4.79 Å². The Balaban J connectivity index is 1.25. The predicted molar refractivity (Wildman–Crippen MR) is 131 cm³/mol. The second kappa shape index (κ2) is 7.95. The zero-order valence-electron chi connectivity index (χ0n) is 17.7. The number of carbonyl (C=O) groups excluding carboxylic acids is 1. The van der Waals surface area contributed by atoms with E-state index in [0.717, 1.165) is 37.9 Å². The number of rotatable bonds is 3. The summed E-state index contributed by atoms with van der Waals surface area (Å²) in [5, 5.41) is 10.8. The van der Waals surface area contributed by atoms with Crippen molar-refractivity contribution in [3.63, 3.8) is 0 Å². The Morgan fingerprint density at radius 2 is 1.36 bits per heavy atom. The number of carbonyl (C=O) groups is 1. The van der Waals surface area contributed by atoms with Gasteiger partial charge in [-0.3, -0.25) is 4.79 Å². The van der Waals surface area contributed by atoms with Gasteiger partial charge in [0.2, 0.25) is 6.10 Å². The van der Waals surface area contributed by atoms with Crippen LogP contribution in [0.3, 0.4) is 0 Å². The molecule has 0 saturated carbocycles. The van der Waals surface area contributed by atoms with Gasteiger partial charge in [-0.05, 0) is 50.5 Å². The molecule has 1 atom stereocenters. The fraction of sp³-hybridized carbons (Fsp3) is 0.0714. The normalized spacial score (nSPS) is 15.3. The molecule has 1 amide bonds. The van der Waals surface area contributed by atoms with Gasteiger partial charge in [0, 0.05) is 5.56 Å². The van der Waals surface area contributed by atoms with E-state index in [2.05, 4.69) is 40.9 Å². The van der Waals surface area contributed by atoms with Gasteiger partial charge >= 0.3 is 0 Å². The Morgan fingerprint density at radius 3 is 2.03 bits per heavy atom. The fourth-order valence-corrected chi connectivity index (χ4v) is 4.31. The van der Waals surface area contributed by atoms with Gasteiger partial charge in [0.15, 0.2) is 11.5 Å². The summed E-state index contributed by atoms with van der Waals surface area (Å²) in [6, 6.07) is 30.3. The van der Waals surface area contributed by atoms with E-state index >= 15 is 0 Å². The number of ether oxygens (including phenoxy) is 2. The zero-order valence-corrected chi connectivity index (χ0v) is 17.7. The molecule has 0 spiro atoms. The lowest BCUT2D eigenvalue weighted by Gasteiger charge is -2.25. The highest BCUT2D eigenvalue weighted by Crippen LogP contribution is 2.36. The summed E-state index contributed by atoms with van der Waals surface area (Å²) in [4.78, 5) is 12.8. The zero-order chi connectivity index (χ0) is 22.2. The molecule has 5 heteroatoms. The van der Waals surface area contributed by atoms with E-state index in [1.807, 2.05) is 60.7 Å². The minimum atomic E-state index is -0.778. The van der Waals surface area contributed by atoms with Crippen LogP contribution < -0.4 is 14.9 Å². The first-order chi connectivity index (χ1) is 16.3. The van der Waals surface area contributed by atoms with Gasteiger partial charge in [-0.25, -0.2) is 5.43 Å². The van der Waals surface area contributed by atoms with Crippen LogP contribution >= 0.6 is 0 Å². The van der Waals surface area contributed by atoms with Crippen molar-refractivity contribution in [3.05, 3.63) is 96.6 Å². The number of nitrogens with one attached hydrogen (secondary N) is 1. The smallest absolute Gasteiger partial charge is 0.284 e. The number of amides is 1. The molecule has 33 heavy (non-hydrogen) atoms. The lowest BCUT2D eigenvalue weighted by molar-refractivity contribution is -0.130. The Kier molecular flexibility index (Phi) is 4.65. The topological polar surface area (TPSA) is 59.9 Å². The van der Waals surface area contributed by atoms with Gasteiger partial charge in [0.1, 0.15) is 6.61 Å². The number of fused-ring (bicyclic) bond motifs is 4. The maximum Gasteiger partial charge on any atom is 0.284 e. The molecule has 0 radical (unpaired) electrons. The standard InChI is InChI=1S/C28H20N2O3/c31-28(27-17-32-25-14-18-7-1-2-8-19(18)15-26(25)33-27)30-29-16-24-22-11-5-3-9-20(22)13-21-10-4-6-12-23(21)24/h1-16,27H,17H2,(H,30,31)/b29-16+. The molecule has 1 aliphatic heterocycles. The molecule has 5 aromatic rings. The number of hydrogen-bond acceptors (Lipinski definition) is 4. The minimum absolute atomic E-state index is 0.129. The van der Waals surface area contributed by atoms with E-state index < -0.39 is 6.10 Å². The van der Waals surface area contributed by atoms with Crippen LogP contribution in [0.4, 0.5) is 0 Å². The number of benzene rings is 5. The Bertz CT molecular complexity index is 1500. The maximum atomic E-state index is 12.8. The molecule has 6 rings (SSSR count). The highest BCUT2D eigenvalue weighted by atomic mass is 16.6. The third-order valence-corrected chi connectivity index (χ3v) is 5.95. The van der Waals surface area contributed by atoms with Crippen molar-refractivity contribution in [1.29, 1.82) is 0 Å². The van der Waals surface area contributed by atoms with Crippen LogP contribution in [-0.2, 0) is 4.79 Å². The first-order valence-corrected chi connectivity index (χ1v) is 10.8. The Hall–Kier alpha value is -4.38. The summed E-state index contributed by atoms with van der Waals surface area (Å²) in [6.45, 7) is 0.129. The van der Waals surface area contributed by atoms with Gasteiger partial charge in [0.05, 0.1) is 6.21 Å². The van der Waals surface area contributed by atoms with Gasteiger partial charge < -0.3 is 9.47 Å². The summed E-state index contributed by atoms with van der Waals surface area (Å²) in [7, 11) is 0. The molecule has 160 valence electrons. The van der Waals surface area contributed by atoms with E-state index in [0.29, 0.717) is 11.5 Å². The predicted octanol–water partition coefficient (Wildman–Crippen LogP) is 5.44. The van der Waals surface area contributed by atoms with Crippen molar-refractivity contribution in [2.24, 2.45) is 5.10 Å². The first kappa shape index (κ1) is 19.3. The van der Waals surface area contributed by atoms with E-state index in [1.54, 1.807) is 6.21 Å². The number of nitrogens with zero attached hydrogens (tertiary/aromatic N) is 1. The van der Waals surface area contributed by atoms with Gasteiger partial charge in [-0.15, -0.1) is 0 Å². The highest BCUT2D eigenvalue weighted by Gasteiger charge is 2.27. The Morgan fingerprint density at radius 1 is 0.788 bits per heavy atom. The average Bonchev–Trinajstić information content (AvgIpc) is 2.86. The third kappa shape index (κ3) is 3.53. The molecule has 1 N–H and O–H groups in total. The van der Waals surface area contributed by atoms with E-state index in [1.165, 1.54) is 0 Å². The molecule has 1 unspecified atom stereocenters. The molecule has 0 aromatic heterocycles. The molecule has 0 bridgehead atoms. The fourth-order valence-electron chi connectivity index (χ4n) is 4.31. The van der Waals surface area contributed by atoms with Crippen LogP contribution in [0.25, 0.3) is 32.3 Å². The summed E-state index contributed by atoms with van der Waals surface area (Å²) < 4.78 is 11.7. The van der Waals surface area contributed by atoms with Gasteiger partial charge in [0.25, 0.3) is 5.91 Å². The maximum absolute atomic E-state index is 12.8. The molecule has 5 aromatic carbocycles. The molecule has 0 saturated heterocycles. The number of hydrogen-bond donors (Lipinski definition) is 1. The molecule has 0 aliphatic carbocycles. The van der Waals surface area contributed by atoms with Crippen molar-refractivity contribution in [3.8, 4) is 11.5 Å². The van der Waals surface area contributed by atoms with E-state index in [4.69, 9.17) is 9.47 Å². The van der Waals surface area contributed by atoms with Crippen molar-refractivity contribution >= 4 is 44.4 Å². The molecular formula is C28H20N2O3. The van der Waals surface area contributed by atoms with Crippen molar-refractivity contribution in [2.75, 3.05) is 6.61 Å². The molecule has 5 nitrogen and oxygen atoms in total. The molecule has 1 heterocycles. The van der Waals surface area contributed by atoms with Crippen molar-refractivity contribution in [1.82, 2.24) is 5.43 Å². The van der Waals surface area contributed by atoms with E-state index in [-0.39, 0.29) is 12.5 Å². The summed E-state index contributed by atoms with van der Waals surface area (Å²) >= 11 is 0. The Labute approximate surface area is 190 Å². The molecule has 1 aliphatic rings. The minimum Gasteiger partial charge on any atom is -0.485 e. The highest BCUT2D eigenvalue weighted by molar-refractivity contribution is 6.13. The second-order valence-electron chi connectivity index (χ2n) is 8.03. The SMILES string of the molecule is O=C(N/N=C/c1c2ccccc2cc2ccccc12)C1COc2cc3ccccc3cc2O1. The summed E-state index contributed by atoms with van der Waals surface area (Å²) in [6.07, 6.45) is 0.924. The average molecular weight is 432 g/mol. The quantitative estimate of drug-likeness (QED) is 0.235. The summed E-state index contributed by atoms with van der Waals surface area (Å²) in [5.41, 5.74) is 3.58. The molecular weight excluding hydrogens is 412 g/mol. The van der Waals surface area contributed by atoms with Crippen LogP contribution in [-0.4, -0.2) is 24.8 Å². The lowest BCUT2D eigenvalue weighted by atomic mass is 9.97. The van der Waals surface area contributed by atoms with Crippen LogP contribution in [0.5, 0.6) is 11.5 Å². The van der Waals surface area contributed by atoms with Gasteiger partial charge in [-0.2, -0.15) is 5.10 Å². The lowest BCUT2D eigenvalue weighted by Crippen LogP contribution is -2.42. The van der Waals surface area contributed by atoms with Gasteiger partial charge in [-0.1, -0.05) is 72.8 Å². The van der Waals surface area contributed by atoms with Crippen LogP contribution in [0.15, 0.2) is 96.1 Å². The van der Waals surface area contributed by atoms with Crippen molar-refractivity contribution < 1.29 is 14.3 Å². The number of hydrazone groups is 1. The molecule has 0 fully saturated rings. The van der Waals surface area contributed by atoms with Crippen LogP contribution in [0, 0.1) is 0 Å². The second-order valence-corrected chi connectivity index (χ2v) is 8.03. The monoisotopic (exact) mass is 432 g/mol. The third-order valence-electron chi connectivity index (χ3n) is 5.95. The first-order valence-electron chi connectivity index (χ1n) is 10.8. The largest absolute Gasteiger partial charge is 0.485 e. The summed E-state index contributed by atoms with van der Waals surface area (Å²) in [5.74, 6) is 0.849. The van der Waals surface area contributed by atoms with Crippen LogP contribution in [0.1, 0.15) is 5.56 Å². The van der Waals surface area contributed by atoms with Crippen LogP contribution in [0.2, 0.25) is 0 Å².